The second-order valence-corrected chi connectivity index (χ2v) is 8.98. The minimum absolute atomic E-state index is 0.118. The number of allylic oxidation sites excluding steroid dienone is 3. The van der Waals surface area contributed by atoms with Gasteiger partial charge in [0.05, 0.1) is 6.08 Å². The van der Waals surface area contributed by atoms with E-state index in [0.29, 0.717) is 24.7 Å². The van der Waals surface area contributed by atoms with Crippen LogP contribution in [0.2, 0.25) is 0 Å². The number of hydrogen-bond donors (Lipinski definition) is 0. The summed E-state index contributed by atoms with van der Waals surface area (Å²) in [4.78, 5) is 0. The van der Waals surface area contributed by atoms with E-state index in [1.165, 1.54) is 0 Å². The molecule has 0 nitrogen and oxygen atoms in total. The number of hydrogen-bond acceptors (Lipinski definition) is 0. The van der Waals surface area contributed by atoms with Crippen molar-refractivity contribution in [3.63, 3.8) is 0 Å². The number of rotatable bonds is 6. The molecule has 2 fully saturated rings. The van der Waals surface area contributed by atoms with Crippen molar-refractivity contribution in [2.45, 2.75) is 76.3 Å². The number of aryl methyl sites for hydroxylation is 1. The van der Waals surface area contributed by atoms with E-state index < -0.39 is 17.9 Å². The van der Waals surface area contributed by atoms with Crippen LogP contribution in [0, 0.1) is 23.6 Å². The lowest BCUT2D eigenvalue weighted by Crippen LogP contribution is -2.26. The molecule has 0 saturated heterocycles. The Balaban J connectivity index is 1.49. The molecule has 0 N–H and O–H groups in total. The van der Waals surface area contributed by atoms with Gasteiger partial charge in [-0.25, -0.2) is 8.78 Å². The largest absolute Gasteiger partial charge is 0.412 e. The number of halogens is 5. The van der Waals surface area contributed by atoms with Gasteiger partial charge in [-0.05, 0) is 99.2 Å². The van der Waals surface area contributed by atoms with Crippen molar-refractivity contribution in [1.82, 2.24) is 0 Å². The number of benzene rings is 1. The van der Waals surface area contributed by atoms with Gasteiger partial charge in [0.25, 0.3) is 0 Å². The molecule has 3 rings (SSSR count). The molecule has 30 heavy (non-hydrogen) atoms. The molecule has 0 aromatic heterocycles. The Bertz CT molecular complexity index is 732. The van der Waals surface area contributed by atoms with Crippen LogP contribution in [0.25, 0.3) is 0 Å². The number of alkyl halides is 3. The average Bonchev–Trinajstić information content (AvgIpc) is 2.71. The summed E-state index contributed by atoms with van der Waals surface area (Å²) >= 11 is 0. The van der Waals surface area contributed by atoms with Gasteiger partial charge in [-0.15, -0.1) is 6.58 Å². The van der Waals surface area contributed by atoms with E-state index in [1.807, 2.05) is 18.2 Å². The molecule has 5 heteroatoms. The highest BCUT2D eigenvalue weighted by atomic mass is 19.4. The molecule has 0 atom stereocenters. The summed E-state index contributed by atoms with van der Waals surface area (Å²) in [6.07, 6.45) is 5.16. The molecule has 1 aromatic carbocycles. The first-order valence-corrected chi connectivity index (χ1v) is 11.1. The van der Waals surface area contributed by atoms with E-state index in [2.05, 4.69) is 6.58 Å². The highest BCUT2D eigenvalue weighted by molar-refractivity contribution is 5.28. The third kappa shape index (κ3) is 6.18. The van der Waals surface area contributed by atoms with E-state index in [9.17, 15) is 22.0 Å². The Morgan fingerprint density at radius 1 is 0.967 bits per heavy atom. The average molecular weight is 427 g/mol. The van der Waals surface area contributed by atoms with Crippen molar-refractivity contribution in [3.8, 4) is 0 Å². The molecule has 2 saturated carbocycles. The molecule has 2 aliphatic carbocycles. The van der Waals surface area contributed by atoms with Gasteiger partial charge < -0.3 is 0 Å². The summed E-state index contributed by atoms with van der Waals surface area (Å²) < 4.78 is 65.5. The fraction of sp³-hybridized carbons (Fsp3) is 0.600. The van der Waals surface area contributed by atoms with Crippen LogP contribution in [0.3, 0.4) is 0 Å². The maximum absolute atomic E-state index is 14.6. The molecule has 0 radical (unpaired) electrons. The van der Waals surface area contributed by atoms with Crippen LogP contribution < -0.4 is 0 Å². The molecule has 2 aliphatic rings. The summed E-state index contributed by atoms with van der Waals surface area (Å²) in [6.45, 7) is 3.70. The summed E-state index contributed by atoms with van der Waals surface area (Å²) in [5.74, 6) is -0.519. The molecule has 0 amide bonds. The van der Waals surface area contributed by atoms with E-state index in [1.54, 1.807) is 6.07 Å². The Kier molecular flexibility index (Phi) is 7.75. The SMILES string of the molecule is C=CCCc1ccc(C2CCC(C3CCC(/C(F)=C/C(F)(F)F)CC3)CC2)c(F)c1. The monoisotopic (exact) mass is 426 g/mol. The molecule has 0 spiro atoms. The smallest absolute Gasteiger partial charge is 0.212 e. The maximum atomic E-state index is 14.6. The Labute approximate surface area is 176 Å². The van der Waals surface area contributed by atoms with Crippen molar-refractivity contribution < 1.29 is 22.0 Å². The lowest BCUT2D eigenvalue weighted by Gasteiger charge is -2.37. The van der Waals surface area contributed by atoms with Crippen molar-refractivity contribution in [2.75, 3.05) is 0 Å². The Morgan fingerprint density at radius 2 is 1.57 bits per heavy atom. The third-order valence-electron chi connectivity index (χ3n) is 7.04. The second kappa shape index (κ2) is 10.1. The Morgan fingerprint density at radius 3 is 2.10 bits per heavy atom. The highest BCUT2D eigenvalue weighted by Gasteiger charge is 2.34. The highest BCUT2D eigenvalue weighted by Crippen LogP contribution is 2.45. The lowest BCUT2D eigenvalue weighted by molar-refractivity contribution is -0.0821. The van der Waals surface area contributed by atoms with Gasteiger partial charge in [0, 0.05) is 5.92 Å². The van der Waals surface area contributed by atoms with Crippen LogP contribution in [-0.2, 0) is 6.42 Å². The summed E-state index contributed by atoms with van der Waals surface area (Å²) in [5, 5.41) is 0. The van der Waals surface area contributed by atoms with Gasteiger partial charge in [0.15, 0.2) is 0 Å². The molecule has 0 aliphatic heterocycles. The predicted molar refractivity (Wildman–Crippen MR) is 110 cm³/mol. The summed E-state index contributed by atoms with van der Waals surface area (Å²) in [5.41, 5.74) is 1.80. The van der Waals surface area contributed by atoms with E-state index in [-0.39, 0.29) is 17.8 Å². The lowest BCUT2D eigenvalue weighted by atomic mass is 9.68. The molecular formula is C25H31F5. The minimum atomic E-state index is -4.58. The normalized spacial score (nSPS) is 28.4. The molecule has 166 valence electrons. The van der Waals surface area contributed by atoms with Crippen molar-refractivity contribution >= 4 is 0 Å². The van der Waals surface area contributed by atoms with E-state index in [4.69, 9.17) is 0 Å². The van der Waals surface area contributed by atoms with Crippen LogP contribution in [0.4, 0.5) is 22.0 Å². The third-order valence-corrected chi connectivity index (χ3v) is 7.04. The van der Waals surface area contributed by atoms with E-state index >= 15 is 0 Å². The molecular weight excluding hydrogens is 395 g/mol. The molecule has 0 heterocycles. The first-order valence-electron chi connectivity index (χ1n) is 11.1. The van der Waals surface area contributed by atoms with Crippen molar-refractivity contribution in [2.24, 2.45) is 17.8 Å². The first-order chi connectivity index (χ1) is 14.3. The fourth-order valence-corrected chi connectivity index (χ4v) is 5.37. The van der Waals surface area contributed by atoms with Crippen LogP contribution in [-0.4, -0.2) is 6.18 Å². The van der Waals surface area contributed by atoms with Gasteiger partial charge in [0.1, 0.15) is 11.6 Å². The summed E-state index contributed by atoms with van der Waals surface area (Å²) in [7, 11) is 0. The minimum Gasteiger partial charge on any atom is -0.212 e. The van der Waals surface area contributed by atoms with Crippen molar-refractivity contribution in [1.29, 1.82) is 0 Å². The standard InChI is InChI=1S/C25H31F5/c1-2-3-4-17-5-14-22(23(26)15-17)20-10-6-18(7-11-20)19-8-12-21(13-9-19)24(27)16-25(28,29)30/h2,5,14-16,18-21H,1,3-4,6-13H2/b24-16-. The zero-order valence-electron chi connectivity index (χ0n) is 17.4. The van der Waals surface area contributed by atoms with Gasteiger partial charge in [-0.3, -0.25) is 0 Å². The molecule has 1 aromatic rings. The van der Waals surface area contributed by atoms with Gasteiger partial charge in [-0.2, -0.15) is 13.2 Å². The molecule has 0 bridgehead atoms. The zero-order valence-corrected chi connectivity index (χ0v) is 17.4. The fourth-order valence-electron chi connectivity index (χ4n) is 5.37. The summed E-state index contributed by atoms with van der Waals surface area (Å²) in [6, 6.07) is 5.59. The van der Waals surface area contributed by atoms with Gasteiger partial charge in [0.2, 0.25) is 0 Å². The van der Waals surface area contributed by atoms with Crippen LogP contribution in [0.15, 0.2) is 42.8 Å². The van der Waals surface area contributed by atoms with E-state index in [0.717, 1.165) is 62.5 Å². The van der Waals surface area contributed by atoms with Crippen LogP contribution in [0.1, 0.15) is 74.8 Å². The maximum Gasteiger partial charge on any atom is 0.412 e. The van der Waals surface area contributed by atoms with Gasteiger partial charge >= 0.3 is 6.18 Å². The second-order valence-electron chi connectivity index (χ2n) is 8.98. The van der Waals surface area contributed by atoms with Gasteiger partial charge in [-0.1, -0.05) is 18.2 Å². The first kappa shape index (κ1) is 23.0. The predicted octanol–water partition coefficient (Wildman–Crippen LogP) is 8.44. The van der Waals surface area contributed by atoms with Crippen LogP contribution >= 0.6 is 0 Å². The topological polar surface area (TPSA) is 0 Å². The van der Waals surface area contributed by atoms with Crippen molar-refractivity contribution in [3.05, 3.63) is 59.7 Å². The zero-order chi connectivity index (χ0) is 21.7. The quantitative estimate of drug-likeness (QED) is 0.316. The van der Waals surface area contributed by atoms with Crippen LogP contribution in [0.5, 0.6) is 0 Å². The Hall–Kier alpha value is -1.65. The molecule has 0 unspecified atom stereocenters.